The van der Waals surface area contributed by atoms with Crippen LogP contribution in [0.25, 0.3) is 0 Å². The minimum atomic E-state index is -0.374. The fraction of sp³-hybridized carbons (Fsp3) is 0.588. The van der Waals surface area contributed by atoms with Crippen molar-refractivity contribution < 1.29 is 4.79 Å². The summed E-state index contributed by atoms with van der Waals surface area (Å²) in [5.74, 6) is 0.812. The molecular formula is C17H26N2O. The summed E-state index contributed by atoms with van der Waals surface area (Å²) >= 11 is 0. The molecule has 0 saturated heterocycles. The van der Waals surface area contributed by atoms with Gasteiger partial charge in [0.2, 0.25) is 5.91 Å². The minimum Gasteiger partial charge on any atom is -0.329 e. The van der Waals surface area contributed by atoms with Gasteiger partial charge in [-0.25, -0.2) is 0 Å². The van der Waals surface area contributed by atoms with Crippen LogP contribution in [-0.4, -0.2) is 12.5 Å². The molecule has 3 nitrogen and oxygen atoms in total. The number of hydrogen-bond acceptors (Lipinski definition) is 2. The van der Waals surface area contributed by atoms with Gasteiger partial charge in [0.15, 0.2) is 0 Å². The molecule has 0 bridgehead atoms. The Morgan fingerprint density at radius 2 is 1.85 bits per heavy atom. The highest BCUT2D eigenvalue weighted by atomic mass is 16.2. The summed E-state index contributed by atoms with van der Waals surface area (Å²) in [6.45, 7) is 6.75. The van der Waals surface area contributed by atoms with Crippen molar-refractivity contribution in [1.29, 1.82) is 0 Å². The summed E-state index contributed by atoms with van der Waals surface area (Å²) < 4.78 is 0. The lowest BCUT2D eigenvalue weighted by atomic mass is 9.70. The van der Waals surface area contributed by atoms with Gasteiger partial charge in [-0.1, -0.05) is 25.1 Å². The molecular weight excluding hydrogens is 248 g/mol. The molecule has 0 spiro atoms. The molecule has 1 aromatic rings. The van der Waals surface area contributed by atoms with Crippen molar-refractivity contribution in [3.63, 3.8) is 0 Å². The summed E-state index contributed by atoms with van der Waals surface area (Å²) in [5, 5.41) is 3.14. The molecule has 0 aliphatic heterocycles. The lowest BCUT2D eigenvalue weighted by molar-refractivity contribution is -0.127. The second-order valence-corrected chi connectivity index (χ2v) is 6.39. The Balaban J connectivity index is 2.18. The molecule has 3 N–H and O–H groups in total. The molecule has 20 heavy (non-hydrogen) atoms. The molecule has 1 aliphatic rings. The number of aryl methyl sites for hydroxylation is 2. The summed E-state index contributed by atoms with van der Waals surface area (Å²) in [4.78, 5) is 12.7. The zero-order valence-electron chi connectivity index (χ0n) is 12.8. The van der Waals surface area contributed by atoms with Crippen LogP contribution in [0.3, 0.4) is 0 Å². The van der Waals surface area contributed by atoms with Crippen molar-refractivity contribution in [2.24, 2.45) is 17.1 Å². The highest BCUT2D eigenvalue weighted by molar-refractivity contribution is 5.96. The van der Waals surface area contributed by atoms with Crippen molar-refractivity contribution in [3.8, 4) is 0 Å². The Morgan fingerprint density at radius 3 is 2.35 bits per heavy atom. The number of amides is 1. The normalized spacial score (nSPS) is 26.3. The number of carbonyl (C=O) groups is 1. The first-order valence-corrected chi connectivity index (χ1v) is 7.56. The first kappa shape index (κ1) is 15.0. The molecule has 0 atom stereocenters. The second kappa shape index (κ2) is 5.96. The van der Waals surface area contributed by atoms with E-state index in [1.165, 1.54) is 0 Å². The van der Waals surface area contributed by atoms with Crippen LogP contribution in [0.5, 0.6) is 0 Å². The quantitative estimate of drug-likeness (QED) is 0.887. The lowest BCUT2D eigenvalue weighted by Crippen LogP contribution is -2.45. The molecule has 1 aliphatic carbocycles. The van der Waals surface area contributed by atoms with Crippen molar-refractivity contribution in [2.45, 2.75) is 46.5 Å². The molecule has 3 heteroatoms. The van der Waals surface area contributed by atoms with Crippen LogP contribution in [0.15, 0.2) is 18.2 Å². The second-order valence-electron chi connectivity index (χ2n) is 6.39. The molecule has 1 aromatic carbocycles. The van der Waals surface area contributed by atoms with Gasteiger partial charge in [-0.3, -0.25) is 4.79 Å². The Hall–Kier alpha value is -1.35. The minimum absolute atomic E-state index is 0.101. The number of nitrogens with two attached hydrogens (primary N) is 1. The summed E-state index contributed by atoms with van der Waals surface area (Å²) in [5.41, 5.74) is 8.74. The zero-order valence-corrected chi connectivity index (χ0v) is 12.8. The fourth-order valence-electron chi connectivity index (χ4n) is 3.10. The predicted octanol–water partition coefficient (Wildman–Crippen LogP) is 3.40. The Labute approximate surface area is 121 Å². The van der Waals surface area contributed by atoms with Crippen LogP contribution in [0.1, 0.15) is 43.7 Å². The predicted molar refractivity (Wildman–Crippen MR) is 83.7 cm³/mol. The molecule has 1 fully saturated rings. The Morgan fingerprint density at radius 1 is 1.30 bits per heavy atom. The molecule has 0 heterocycles. The van der Waals surface area contributed by atoms with E-state index in [0.29, 0.717) is 12.5 Å². The van der Waals surface area contributed by atoms with Crippen molar-refractivity contribution in [3.05, 3.63) is 29.3 Å². The number of para-hydroxylation sites is 1. The fourth-order valence-corrected chi connectivity index (χ4v) is 3.10. The third-order valence-electron chi connectivity index (χ3n) is 4.82. The number of hydrogen-bond donors (Lipinski definition) is 2. The zero-order chi connectivity index (χ0) is 14.8. The average Bonchev–Trinajstić information content (AvgIpc) is 2.44. The average molecular weight is 274 g/mol. The van der Waals surface area contributed by atoms with Crippen LogP contribution in [0.4, 0.5) is 5.69 Å². The van der Waals surface area contributed by atoms with E-state index in [1.807, 2.05) is 32.0 Å². The van der Waals surface area contributed by atoms with E-state index < -0.39 is 0 Å². The molecule has 1 amide bonds. The van der Waals surface area contributed by atoms with E-state index in [0.717, 1.165) is 42.5 Å². The van der Waals surface area contributed by atoms with Gasteiger partial charge >= 0.3 is 0 Å². The maximum absolute atomic E-state index is 12.7. The SMILES string of the molecule is Cc1cccc(C)c1NC(=O)C1(CN)CCC(C)CC1. The van der Waals surface area contributed by atoms with Crippen LogP contribution in [-0.2, 0) is 4.79 Å². The van der Waals surface area contributed by atoms with Gasteiger partial charge in [-0.05, 0) is 56.6 Å². The summed E-state index contributed by atoms with van der Waals surface area (Å²) in [7, 11) is 0. The van der Waals surface area contributed by atoms with E-state index in [4.69, 9.17) is 5.73 Å². The highest BCUT2D eigenvalue weighted by Gasteiger charge is 2.40. The standard InChI is InChI=1S/C17H26N2O/c1-12-7-9-17(11-18,10-8-12)16(20)19-15-13(2)5-4-6-14(15)3/h4-6,12H,7-11,18H2,1-3H3,(H,19,20). The first-order valence-electron chi connectivity index (χ1n) is 7.56. The van der Waals surface area contributed by atoms with Gasteiger partial charge in [0.05, 0.1) is 5.41 Å². The molecule has 0 aromatic heterocycles. The maximum Gasteiger partial charge on any atom is 0.231 e. The number of anilines is 1. The van der Waals surface area contributed by atoms with Crippen molar-refractivity contribution in [1.82, 2.24) is 0 Å². The Bertz CT molecular complexity index is 468. The van der Waals surface area contributed by atoms with Gasteiger partial charge in [0, 0.05) is 12.2 Å². The van der Waals surface area contributed by atoms with Gasteiger partial charge in [-0.2, -0.15) is 0 Å². The summed E-state index contributed by atoms with van der Waals surface area (Å²) in [6, 6.07) is 6.07. The van der Waals surface area contributed by atoms with Crippen LogP contribution in [0.2, 0.25) is 0 Å². The molecule has 0 radical (unpaired) electrons. The third-order valence-corrected chi connectivity index (χ3v) is 4.82. The van der Waals surface area contributed by atoms with Gasteiger partial charge in [0.1, 0.15) is 0 Å². The van der Waals surface area contributed by atoms with E-state index >= 15 is 0 Å². The number of carbonyl (C=O) groups excluding carboxylic acids is 1. The van der Waals surface area contributed by atoms with E-state index in [9.17, 15) is 4.79 Å². The van der Waals surface area contributed by atoms with E-state index in [1.54, 1.807) is 0 Å². The van der Waals surface area contributed by atoms with Crippen molar-refractivity contribution >= 4 is 11.6 Å². The third kappa shape index (κ3) is 2.88. The van der Waals surface area contributed by atoms with Crippen LogP contribution in [0, 0.1) is 25.2 Å². The molecule has 110 valence electrons. The maximum atomic E-state index is 12.7. The van der Waals surface area contributed by atoms with E-state index in [2.05, 4.69) is 12.2 Å². The van der Waals surface area contributed by atoms with Crippen molar-refractivity contribution in [2.75, 3.05) is 11.9 Å². The van der Waals surface area contributed by atoms with Crippen LogP contribution < -0.4 is 11.1 Å². The summed E-state index contributed by atoms with van der Waals surface area (Å²) in [6.07, 6.45) is 4.00. The molecule has 2 rings (SSSR count). The highest BCUT2D eigenvalue weighted by Crippen LogP contribution is 2.39. The van der Waals surface area contributed by atoms with Crippen LogP contribution >= 0.6 is 0 Å². The largest absolute Gasteiger partial charge is 0.329 e. The van der Waals surface area contributed by atoms with Gasteiger partial charge in [-0.15, -0.1) is 0 Å². The number of benzene rings is 1. The van der Waals surface area contributed by atoms with Gasteiger partial charge in [0.25, 0.3) is 0 Å². The monoisotopic (exact) mass is 274 g/mol. The molecule has 1 saturated carbocycles. The first-order chi connectivity index (χ1) is 9.48. The lowest BCUT2D eigenvalue weighted by Gasteiger charge is -2.37. The smallest absolute Gasteiger partial charge is 0.231 e. The Kier molecular flexibility index (Phi) is 4.48. The molecule has 0 unspecified atom stereocenters. The van der Waals surface area contributed by atoms with E-state index in [-0.39, 0.29) is 11.3 Å². The van der Waals surface area contributed by atoms with Gasteiger partial charge < -0.3 is 11.1 Å². The topological polar surface area (TPSA) is 55.1 Å². The number of nitrogens with one attached hydrogen (secondary N) is 1. The number of rotatable bonds is 3.